The predicted octanol–water partition coefficient (Wildman–Crippen LogP) is 0.115. The van der Waals surface area contributed by atoms with Crippen LogP contribution >= 0.6 is 0 Å². The lowest BCUT2D eigenvalue weighted by Crippen LogP contribution is -1.97. The van der Waals surface area contributed by atoms with Gasteiger partial charge in [-0.3, -0.25) is 0 Å². The molecule has 0 unspecified atom stereocenters. The van der Waals surface area contributed by atoms with Crippen molar-refractivity contribution in [2.45, 2.75) is 13.2 Å². The first-order valence-electron chi connectivity index (χ1n) is 3.28. The number of methoxy groups -OCH3 is 1. The maximum Gasteiger partial charge on any atom is 0.0902 e. The highest BCUT2D eigenvalue weighted by atomic mass is 16.5. The Morgan fingerprint density at radius 2 is 2.00 bits per heavy atom. The highest BCUT2D eigenvalue weighted by molar-refractivity contribution is 5.04. The van der Waals surface area contributed by atoms with Gasteiger partial charge in [0.15, 0.2) is 0 Å². The van der Waals surface area contributed by atoms with Crippen LogP contribution < -0.4 is 0 Å². The first-order chi connectivity index (χ1) is 5.36. The second-order valence-electron chi connectivity index (χ2n) is 2.11. The molecule has 0 fully saturated rings. The monoisotopic (exact) mass is 154 g/mol. The van der Waals surface area contributed by atoms with Crippen molar-refractivity contribution >= 4 is 0 Å². The summed E-state index contributed by atoms with van der Waals surface area (Å²) in [6, 6.07) is 3.50. The average Bonchev–Trinajstić information content (AvgIpc) is 2.07. The van der Waals surface area contributed by atoms with Crippen LogP contribution in [0.25, 0.3) is 0 Å². The lowest BCUT2D eigenvalue weighted by molar-refractivity contribution is 0.180. The topological polar surface area (TPSA) is 55.2 Å². The molecule has 0 bridgehead atoms. The second kappa shape index (κ2) is 4.00. The van der Waals surface area contributed by atoms with E-state index < -0.39 is 0 Å². The summed E-state index contributed by atoms with van der Waals surface area (Å²) in [5.74, 6) is 0. The highest BCUT2D eigenvalue weighted by Gasteiger charge is 1.94. The van der Waals surface area contributed by atoms with Gasteiger partial charge >= 0.3 is 0 Å². The molecule has 1 N–H and O–H groups in total. The molecule has 0 aliphatic heterocycles. The number of aliphatic hydroxyl groups excluding tert-OH is 1. The molecule has 1 aromatic rings. The molecule has 0 spiro atoms. The Kier molecular flexibility index (Phi) is 2.95. The summed E-state index contributed by atoms with van der Waals surface area (Å²) < 4.78 is 4.84. The summed E-state index contributed by atoms with van der Waals surface area (Å²) in [6.45, 7) is 0.388. The molecular formula is C7H10N2O2. The summed E-state index contributed by atoms with van der Waals surface area (Å²) >= 11 is 0. The summed E-state index contributed by atoms with van der Waals surface area (Å²) in [4.78, 5) is 0. The van der Waals surface area contributed by atoms with Crippen LogP contribution in [-0.4, -0.2) is 22.4 Å². The summed E-state index contributed by atoms with van der Waals surface area (Å²) in [5.41, 5.74) is 1.34. The van der Waals surface area contributed by atoms with Crippen LogP contribution in [0.4, 0.5) is 0 Å². The summed E-state index contributed by atoms with van der Waals surface area (Å²) in [7, 11) is 1.60. The molecular weight excluding hydrogens is 144 g/mol. The Bertz CT molecular complexity index is 210. The second-order valence-corrected chi connectivity index (χ2v) is 2.11. The maximum absolute atomic E-state index is 8.62. The molecule has 0 aliphatic rings. The van der Waals surface area contributed by atoms with E-state index in [2.05, 4.69) is 10.2 Å². The average molecular weight is 154 g/mol. The third-order valence-electron chi connectivity index (χ3n) is 1.23. The van der Waals surface area contributed by atoms with Crippen molar-refractivity contribution in [3.8, 4) is 0 Å². The van der Waals surface area contributed by atoms with E-state index in [0.29, 0.717) is 12.3 Å². The van der Waals surface area contributed by atoms with E-state index >= 15 is 0 Å². The Hall–Kier alpha value is -1.00. The largest absolute Gasteiger partial charge is 0.390 e. The van der Waals surface area contributed by atoms with Crippen LogP contribution in [-0.2, 0) is 18.0 Å². The first-order valence-corrected chi connectivity index (χ1v) is 3.28. The molecule has 4 nitrogen and oxygen atoms in total. The fourth-order valence-electron chi connectivity index (χ4n) is 0.697. The fraction of sp³-hybridized carbons (Fsp3) is 0.429. The maximum atomic E-state index is 8.62. The molecule has 1 heterocycles. The number of hydrogen-bond donors (Lipinski definition) is 1. The lowest BCUT2D eigenvalue weighted by Gasteiger charge is -1.97. The third-order valence-corrected chi connectivity index (χ3v) is 1.23. The number of aliphatic hydroxyl groups is 1. The zero-order valence-electron chi connectivity index (χ0n) is 6.32. The van der Waals surface area contributed by atoms with Crippen LogP contribution in [0.2, 0.25) is 0 Å². The number of hydrogen-bond acceptors (Lipinski definition) is 4. The van der Waals surface area contributed by atoms with Gasteiger partial charge < -0.3 is 9.84 Å². The van der Waals surface area contributed by atoms with Crippen LogP contribution in [0.1, 0.15) is 11.4 Å². The molecule has 0 aromatic carbocycles. The summed E-state index contributed by atoms with van der Waals surface area (Å²) in [6.07, 6.45) is 0. The smallest absolute Gasteiger partial charge is 0.0902 e. The zero-order valence-corrected chi connectivity index (χ0v) is 6.32. The Morgan fingerprint density at radius 1 is 1.36 bits per heavy atom. The molecule has 0 amide bonds. The number of rotatable bonds is 3. The van der Waals surface area contributed by atoms with E-state index in [1.54, 1.807) is 19.2 Å². The van der Waals surface area contributed by atoms with Gasteiger partial charge in [0.1, 0.15) is 0 Å². The van der Waals surface area contributed by atoms with Gasteiger partial charge in [-0.1, -0.05) is 0 Å². The molecule has 11 heavy (non-hydrogen) atoms. The molecule has 0 aliphatic carbocycles. The van der Waals surface area contributed by atoms with E-state index in [0.717, 1.165) is 5.69 Å². The van der Waals surface area contributed by atoms with E-state index in [-0.39, 0.29) is 6.61 Å². The zero-order chi connectivity index (χ0) is 8.10. The molecule has 0 radical (unpaired) electrons. The molecule has 0 saturated carbocycles. The molecule has 4 heteroatoms. The van der Waals surface area contributed by atoms with Crippen LogP contribution in [0.15, 0.2) is 12.1 Å². The Morgan fingerprint density at radius 3 is 2.45 bits per heavy atom. The van der Waals surface area contributed by atoms with E-state index in [1.165, 1.54) is 0 Å². The minimum atomic E-state index is -0.0692. The highest BCUT2D eigenvalue weighted by Crippen LogP contribution is 1.96. The van der Waals surface area contributed by atoms with E-state index in [4.69, 9.17) is 9.84 Å². The van der Waals surface area contributed by atoms with Crippen molar-refractivity contribution in [1.29, 1.82) is 0 Å². The van der Waals surface area contributed by atoms with Crippen molar-refractivity contribution in [3.63, 3.8) is 0 Å². The van der Waals surface area contributed by atoms with Crippen molar-refractivity contribution < 1.29 is 9.84 Å². The standard InChI is InChI=1S/C7H10N2O2/c1-11-5-7-3-2-6(4-10)8-9-7/h2-3,10H,4-5H2,1H3. The number of ether oxygens (including phenoxy) is 1. The molecule has 0 atom stereocenters. The van der Waals surface area contributed by atoms with Crippen molar-refractivity contribution in [2.24, 2.45) is 0 Å². The van der Waals surface area contributed by atoms with Crippen molar-refractivity contribution in [3.05, 3.63) is 23.5 Å². The van der Waals surface area contributed by atoms with Gasteiger partial charge in [-0.2, -0.15) is 10.2 Å². The van der Waals surface area contributed by atoms with Gasteiger partial charge in [-0.15, -0.1) is 0 Å². The van der Waals surface area contributed by atoms with Gasteiger partial charge in [-0.05, 0) is 12.1 Å². The molecule has 60 valence electrons. The Balaban J connectivity index is 2.66. The third kappa shape index (κ3) is 2.25. The lowest BCUT2D eigenvalue weighted by atomic mass is 10.3. The van der Waals surface area contributed by atoms with Gasteiger partial charge in [0.2, 0.25) is 0 Å². The van der Waals surface area contributed by atoms with Crippen LogP contribution in [0.5, 0.6) is 0 Å². The predicted molar refractivity (Wildman–Crippen MR) is 38.7 cm³/mol. The summed E-state index contributed by atoms with van der Waals surface area (Å²) in [5, 5.41) is 16.2. The quantitative estimate of drug-likeness (QED) is 0.671. The molecule has 1 rings (SSSR count). The van der Waals surface area contributed by atoms with Crippen LogP contribution in [0.3, 0.4) is 0 Å². The van der Waals surface area contributed by atoms with Gasteiger partial charge in [0.25, 0.3) is 0 Å². The van der Waals surface area contributed by atoms with Crippen LogP contribution in [0, 0.1) is 0 Å². The van der Waals surface area contributed by atoms with Crippen molar-refractivity contribution in [2.75, 3.05) is 7.11 Å². The van der Waals surface area contributed by atoms with Gasteiger partial charge in [0, 0.05) is 7.11 Å². The minimum Gasteiger partial charge on any atom is -0.390 e. The normalized spacial score (nSPS) is 10.0. The first kappa shape index (κ1) is 8.10. The Labute approximate surface area is 64.8 Å². The number of aromatic nitrogens is 2. The van der Waals surface area contributed by atoms with Gasteiger partial charge in [-0.25, -0.2) is 0 Å². The fourth-order valence-corrected chi connectivity index (χ4v) is 0.697. The van der Waals surface area contributed by atoms with Crippen molar-refractivity contribution in [1.82, 2.24) is 10.2 Å². The SMILES string of the molecule is COCc1ccc(CO)nn1. The van der Waals surface area contributed by atoms with E-state index in [9.17, 15) is 0 Å². The van der Waals surface area contributed by atoms with Gasteiger partial charge in [0.05, 0.1) is 24.6 Å². The molecule has 1 aromatic heterocycles. The number of nitrogens with zero attached hydrogens (tertiary/aromatic N) is 2. The minimum absolute atomic E-state index is 0.0692. The van der Waals surface area contributed by atoms with E-state index in [1.807, 2.05) is 0 Å². The molecule has 0 saturated heterocycles.